The maximum Gasteiger partial charge on any atom is 0.237 e. The van der Waals surface area contributed by atoms with Crippen molar-refractivity contribution < 1.29 is 14.3 Å². The number of aryl methyl sites for hydroxylation is 1. The van der Waals surface area contributed by atoms with Crippen LogP contribution in [-0.2, 0) is 10.2 Å². The van der Waals surface area contributed by atoms with E-state index in [1.165, 1.54) is 0 Å². The number of fused-ring (bicyclic) bond motifs is 1. The zero-order chi connectivity index (χ0) is 17.5. The van der Waals surface area contributed by atoms with Crippen molar-refractivity contribution in [2.45, 2.75) is 25.7 Å². The third kappa shape index (κ3) is 2.48. The highest BCUT2D eigenvalue weighted by atomic mass is 16.5. The second-order valence-corrected chi connectivity index (χ2v) is 6.55. The van der Waals surface area contributed by atoms with Gasteiger partial charge in [0, 0.05) is 24.7 Å². The smallest absolute Gasteiger partial charge is 0.237 e. The Morgan fingerprint density at radius 1 is 1.17 bits per heavy atom. The van der Waals surface area contributed by atoms with Gasteiger partial charge in [0.25, 0.3) is 0 Å². The number of hydrogen-bond donors (Lipinski definition) is 0. The summed E-state index contributed by atoms with van der Waals surface area (Å²) >= 11 is 0. The molecule has 0 saturated heterocycles. The minimum atomic E-state index is -0.826. The van der Waals surface area contributed by atoms with Crippen LogP contribution in [0.2, 0.25) is 0 Å². The topological polar surface area (TPSA) is 46.6 Å². The lowest BCUT2D eigenvalue weighted by Crippen LogP contribution is -2.37. The molecule has 1 aliphatic rings. The van der Waals surface area contributed by atoms with E-state index in [0.717, 1.165) is 16.8 Å². The van der Waals surface area contributed by atoms with E-state index >= 15 is 0 Å². The Labute approximate surface area is 142 Å². The molecule has 1 atom stereocenters. The zero-order valence-electron chi connectivity index (χ0n) is 14.4. The van der Waals surface area contributed by atoms with Crippen molar-refractivity contribution in [3.05, 3.63) is 59.2 Å². The van der Waals surface area contributed by atoms with Gasteiger partial charge < -0.3 is 9.64 Å². The Kier molecular flexibility index (Phi) is 3.91. The van der Waals surface area contributed by atoms with Crippen molar-refractivity contribution in [1.82, 2.24) is 0 Å². The molecule has 1 amide bonds. The van der Waals surface area contributed by atoms with Crippen molar-refractivity contribution in [3.8, 4) is 5.75 Å². The van der Waals surface area contributed by atoms with E-state index in [2.05, 4.69) is 0 Å². The van der Waals surface area contributed by atoms with Crippen molar-refractivity contribution in [1.29, 1.82) is 0 Å². The Bertz CT molecular complexity index is 810. The van der Waals surface area contributed by atoms with Crippen molar-refractivity contribution in [2.24, 2.45) is 0 Å². The molecule has 2 aromatic rings. The van der Waals surface area contributed by atoms with Crippen molar-refractivity contribution >= 4 is 17.4 Å². The molecular formula is C20H21NO3. The molecule has 124 valence electrons. The van der Waals surface area contributed by atoms with Crippen LogP contribution in [0.25, 0.3) is 0 Å². The van der Waals surface area contributed by atoms with E-state index in [1.807, 2.05) is 32.0 Å². The molecule has 0 saturated carbocycles. The number of anilines is 1. The molecule has 0 fully saturated rings. The number of amides is 1. The number of likely N-dealkylation sites (N-methyl/N-ethyl adjacent to an activating group) is 1. The molecular weight excluding hydrogens is 302 g/mol. The largest absolute Gasteiger partial charge is 0.497 e. The monoisotopic (exact) mass is 323 g/mol. The van der Waals surface area contributed by atoms with E-state index in [9.17, 15) is 9.59 Å². The molecule has 24 heavy (non-hydrogen) atoms. The molecule has 1 heterocycles. The van der Waals surface area contributed by atoms with Crippen LogP contribution < -0.4 is 9.64 Å². The number of ketones is 1. The van der Waals surface area contributed by atoms with E-state index in [0.29, 0.717) is 11.3 Å². The standard InChI is InChI=1S/C20H21NO3/c1-13-5-10-17-16(11-13)20(2,19(23)21(17)3)12-18(22)14-6-8-15(24-4)9-7-14/h5-11H,12H2,1-4H3. The molecule has 1 unspecified atom stereocenters. The van der Waals surface area contributed by atoms with Gasteiger partial charge in [0.1, 0.15) is 5.75 Å². The molecule has 0 aliphatic carbocycles. The van der Waals surface area contributed by atoms with E-state index in [4.69, 9.17) is 4.74 Å². The van der Waals surface area contributed by atoms with Crippen LogP contribution in [-0.4, -0.2) is 25.8 Å². The first-order valence-electron chi connectivity index (χ1n) is 7.93. The summed E-state index contributed by atoms with van der Waals surface area (Å²) in [6.07, 6.45) is 0.152. The normalized spacial score (nSPS) is 19.3. The quantitative estimate of drug-likeness (QED) is 0.809. The molecule has 0 N–H and O–H groups in total. The van der Waals surface area contributed by atoms with Gasteiger partial charge in [-0.05, 0) is 49.7 Å². The highest BCUT2D eigenvalue weighted by Crippen LogP contribution is 2.44. The lowest BCUT2D eigenvalue weighted by Gasteiger charge is -2.22. The number of hydrogen-bond acceptors (Lipinski definition) is 3. The fourth-order valence-corrected chi connectivity index (χ4v) is 3.35. The molecule has 1 aliphatic heterocycles. The van der Waals surface area contributed by atoms with E-state index in [1.54, 1.807) is 43.3 Å². The lowest BCUT2D eigenvalue weighted by atomic mass is 9.78. The second kappa shape index (κ2) is 5.78. The van der Waals surface area contributed by atoms with Gasteiger partial charge >= 0.3 is 0 Å². The summed E-state index contributed by atoms with van der Waals surface area (Å²) in [5, 5.41) is 0. The molecule has 2 aromatic carbocycles. The summed E-state index contributed by atoms with van der Waals surface area (Å²) in [5.41, 5.74) is 2.66. The number of Topliss-reactive ketones (excluding diaryl/α,β-unsaturated/α-hetero) is 1. The predicted molar refractivity (Wildman–Crippen MR) is 93.9 cm³/mol. The molecule has 3 rings (SSSR count). The number of methoxy groups -OCH3 is 1. The molecule has 0 bridgehead atoms. The summed E-state index contributed by atoms with van der Waals surface area (Å²) < 4.78 is 5.12. The van der Waals surface area contributed by atoms with E-state index < -0.39 is 5.41 Å². The summed E-state index contributed by atoms with van der Waals surface area (Å²) in [6.45, 7) is 3.85. The van der Waals surface area contributed by atoms with Gasteiger partial charge in [0.05, 0.1) is 12.5 Å². The Hall–Kier alpha value is -2.62. The Balaban J connectivity index is 1.95. The minimum Gasteiger partial charge on any atom is -0.497 e. The number of rotatable bonds is 4. The first-order valence-corrected chi connectivity index (χ1v) is 7.93. The summed E-state index contributed by atoms with van der Waals surface area (Å²) in [6, 6.07) is 12.9. The van der Waals surface area contributed by atoms with Gasteiger partial charge in [0.2, 0.25) is 5.91 Å². The van der Waals surface area contributed by atoms with Crippen LogP contribution >= 0.6 is 0 Å². The Morgan fingerprint density at radius 3 is 2.46 bits per heavy atom. The third-order valence-corrected chi connectivity index (χ3v) is 4.81. The van der Waals surface area contributed by atoms with Crippen LogP contribution in [0.15, 0.2) is 42.5 Å². The van der Waals surface area contributed by atoms with Gasteiger partial charge in [0.15, 0.2) is 5.78 Å². The fraction of sp³-hybridized carbons (Fsp3) is 0.300. The summed E-state index contributed by atoms with van der Waals surface area (Å²) in [4.78, 5) is 27.2. The molecule has 4 nitrogen and oxygen atoms in total. The number of benzene rings is 2. The molecule has 0 radical (unpaired) electrons. The van der Waals surface area contributed by atoms with Gasteiger partial charge in [-0.15, -0.1) is 0 Å². The lowest BCUT2D eigenvalue weighted by molar-refractivity contribution is -0.122. The number of carbonyl (C=O) groups is 2. The van der Waals surface area contributed by atoms with Crippen LogP contribution in [0.5, 0.6) is 5.75 Å². The highest BCUT2D eigenvalue weighted by Gasteiger charge is 2.47. The second-order valence-electron chi connectivity index (χ2n) is 6.55. The van der Waals surface area contributed by atoms with Gasteiger partial charge in [-0.1, -0.05) is 17.7 Å². The number of ether oxygens (including phenoxy) is 1. The fourth-order valence-electron chi connectivity index (χ4n) is 3.35. The highest BCUT2D eigenvalue weighted by molar-refractivity contribution is 6.11. The average molecular weight is 323 g/mol. The zero-order valence-corrected chi connectivity index (χ0v) is 14.4. The van der Waals surface area contributed by atoms with Crippen molar-refractivity contribution in [2.75, 3.05) is 19.1 Å². The van der Waals surface area contributed by atoms with Gasteiger partial charge in [-0.25, -0.2) is 0 Å². The number of nitrogens with zero attached hydrogens (tertiary/aromatic N) is 1. The summed E-state index contributed by atoms with van der Waals surface area (Å²) in [7, 11) is 3.35. The maximum atomic E-state index is 12.8. The molecule has 4 heteroatoms. The first kappa shape index (κ1) is 16.2. The van der Waals surface area contributed by atoms with E-state index in [-0.39, 0.29) is 18.1 Å². The number of carbonyl (C=O) groups excluding carboxylic acids is 2. The minimum absolute atomic E-state index is 0.0371. The maximum absolute atomic E-state index is 12.8. The van der Waals surface area contributed by atoms with Gasteiger partial charge in [-0.2, -0.15) is 0 Å². The predicted octanol–water partition coefficient (Wildman–Crippen LogP) is 3.51. The van der Waals surface area contributed by atoms with Crippen LogP contribution in [0.1, 0.15) is 34.8 Å². The third-order valence-electron chi connectivity index (χ3n) is 4.81. The van der Waals surface area contributed by atoms with Crippen LogP contribution in [0.3, 0.4) is 0 Å². The summed E-state index contributed by atoms with van der Waals surface area (Å²) in [5.74, 6) is 0.622. The Morgan fingerprint density at radius 2 is 1.83 bits per heavy atom. The molecule has 0 aromatic heterocycles. The van der Waals surface area contributed by atoms with Gasteiger partial charge in [-0.3, -0.25) is 9.59 Å². The van der Waals surface area contributed by atoms with Crippen LogP contribution in [0.4, 0.5) is 5.69 Å². The SMILES string of the molecule is COc1ccc(C(=O)CC2(C)C(=O)N(C)c3ccc(C)cc32)cc1. The van der Waals surface area contributed by atoms with Crippen LogP contribution in [0, 0.1) is 6.92 Å². The average Bonchev–Trinajstić information content (AvgIpc) is 2.76. The first-order chi connectivity index (χ1) is 11.4. The van der Waals surface area contributed by atoms with Crippen molar-refractivity contribution in [3.63, 3.8) is 0 Å². The molecule has 0 spiro atoms.